The zero-order chi connectivity index (χ0) is 22.9. The largest absolute Gasteiger partial charge is 0.493 e. The summed E-state index contributed by atoms with van der Waals surface area (Å²) in [6.07, 6.45) is 2.60. The monoisotopic (exact) mass is 462 g/mol. The molecular formula is C26H26N2O4S. The van der Waals surface area contributed by atoms with Crippen LogP contribution >= 0.6 is 11.3 Å². The number of anilines is 1. The molecule has 33 heavy (non-hydrogen) atoms. The van der Waals surface area contributed by atoms with Gasteiger partial charge in [0.25, 0.3) is 5.91 Å². The summed E-state index contributed by atoms with van der Waals surface area (Å²) in [5.41, 5.74) is 3.43. The Morgan fingerprint density at radius 1 is 1.03 bits per heavy atom. The van der Waals surface area contributed by atoms with Gasteiger partial charge in [0.15, 0.2) is 11.5 Å². The number of ether oxygens (including phenoxy) is 2. The minimum absolute atomic E-state index is 0.0315. The van der Waals surface area contributed by atoms with E-state index in [1.807, 2.05) is 46.7 Å². The molecule has 1 aliphatic carbocycles. The molecule has 0 saturated heterocycles. The van der Waals surface area contributed by atoms with Gasteiger partial charge < -0.3 is 19.7 Å². The summed E-state index contributed by atoms with van der Waals surface area (Å²) in [5.74, 6) is 1.43. The molecule has 1 N–H and O–H groups in total. The third-order valence-electron chi connectivity index (χ3n) is 6.27. The van der Waals surface area contributed by atoms with E-state index >= 15 is 0 Å². The first-order valence-corrected chi connectivity index (χ1v) is 12.0. The van der Waals surface area contributed by atoms with Crippen molar-refractivity contribution in [3.8, 4) is 11.5 Å². The molecule has 2 heterocycles. The van der Waals surface area contributed by atoms with Crippen LogP contribution in [0.1, 0.15) is 45.2 Å². The van der Waals surface area contributed by atoms with E-state index in [4.69, 9.17) is 9.47 Å². The summed E-state index contributed by atoms with van der Waals surface area (Å²) < 4.78 is 11.1. The Morgan fingerprint density at radius 2 is 1.82 bits per heavy atom. The normalized spacial score (nSPS) is 17.3. The predicted molar refractivity (Wildman–Crippen MR) is 128 cm³/mol. The molecular weight excluding hydrogens is 436 g/mol. The van der Waals surface area contributed by atoms with E-state index in [0.29, 0.717) is 29.3 Å². The van der Waals surface area contributed by atoms with Crippen LogP contribution in [0, 0.1) is 5.92 Å². The van der Waals surface area contributed by atoms with Gasteiger partial charge in [-0.2, -0.15) is 0 Å². The molecule has 2 aromatic carbocycles. The lowest BCUT2D eigenvalue weighted by Gasteiger charge is -2.37. The standard InChI is InChI=1S/C26H26N2O4S/c1-31-21-14-17-10-11-28(24(23-7-4-12-33-23)20(17)15-22(21)32-2)26(30)18-5-3-6-19(13-18)27-25(29)16-8-9-16/h3-7,12-16,24H,8-11H2,1-2H3,(H,27,29). The minimum Gasteiger partial charge on any atom is -0.493 e. The maximum atomic E-state index is 13.7. The number of amides is 2. The molecule has 0 spiro atoms. The lowest BCUT2D eigenvalue weighted by molar-refractivity contribution is -0.117. The maximum absolute atomic E-state index is 13.7. The zero-order valence-electron chi connectivity index (χ0n) is 18.7. The minimum atomic E-state index is -0.217. The van der Waals surface area contributed by atoms with Gasteiger partial charge in [0.2, 0.25) is 5.91 Å². The van der Waals surface area contributed by atoms with Crippen LogP contribution in [0.3, 0.4) is 0 Å². The number of carbonyl (C=O) groups is 2. The van der Waals surface area contributed by atoms with Crippen molar-refractivity contribution in [3.05, 3.63) is 75.5 Å². The second-order valence-corrected chi connectivity index (χ2v) is 9.40. The first-order valence-electron chi connectivity index (χ1n) is 11.1. The summed E-state index contributed by atoms with van der Waals surface area (Å²) in [6.45, 7) is 0.586. The average Bonchev–Trinajstić information content (AvgIpc) is 3.57. The average molecular weight is 463 g/mol. The number of carbonyl (C=O) groups excluding carboxylic acids is 2. The van der Waals surface area contributed by atoms with E-state index < -0.39 is 0 Å². The third kappa shape index (κ3) is 4.20. The topological polar surface area (TPSA) is 67.9 Å². The third-order valence-corrected chi connectivity index (χ3v) is 7.20. The fraction of sp³-hybridized carbons (Fsp3) is 0.308. The number of fused-ring (bicyclic) bond motifs is 1. The van der Waals surface area contributed by atoms with Crippen LogP contribution in [0.15, 0.2) is 53.9 Å². The summed E-state index contributed by atoms with van der Waals surface area (Å²) in [7, 11) is 3.26. The Kier molecular flexibility index (Phi) is 5.81. The molecule has 6 nitrogen and oxygen atoms in total. The van der Waals surface area contributed by atoms with Crippen molar-refractivity contribution < 1.29 is 19.1 Å². The molecule has 1 saturated carbocycles. The van der Waals surface area contributed by atoms with Gasteiger partial charge >= 0.3 is 0 Å². The Labute approximate surface area is 197 Å². The highest BCUT2D eigenvalue weighted by atomic mass is 32.1. The van der Waals surface area contributed by atoms with E-state index in [9.17, 15) is 9.59 Å². The van der Waals surface area contributed by atoms with Crippen LogP contribution in [0.2, 0.25) is 0 Å². The maximum Gasteiger partial charge on any atom is 0.254 e. The fourth-order valence-corrected chi connectivity index (χ4v) is 5.26. The van der Waals surface area contributed by atoms with Gasteiger partial charge in [-0.3, -0.25) is 9.59 Å². The highest BCUT2D eigenvalue weighted by Gasteiger charge is 2.35. The van der Waals surface area contributed by atoms with E-state index in [1.165, 1.54) is 0 Å². The summed E-state index contributed by atoms with van der Waals surface area (Å²) in [4.78, 5) is 28.9. The van der Waals surface area contributed by atoms with Crippen molar-refractivity contribution in [1.29, 1.82) is 0 Å². The second kappa shape index (κ2) is 8.90. The first-order chi connectivity index (χ1) is 16.1. The molecule has 1 atom stereocenters. The van der Waals surface area contributed by atoms with Crippen molar-refractivity contribution >= 4 is 28.8 Å². The molecule has 3 aromatic rings. The summed E-state index contributed by atoms with van der Waals surface area (Å²) in [5, 5.41) is 4.97. The molecule has 7 heteroatoms. The molecule has 170 valence electrons. The molecule has 1 aliphatic heterocycles. The molecule has 1 fully saturated rings. The van der Waals surface area contributed by atoms with Crippen LogP contribution in [0.25, 0.3) is 0 Å². The van der Waals surface area contributed by atoms with Crippen molar-refractivity contribution in [1.82, 2.24) is 4.90 Å². The van der Waals surface area contributed by atoms with Gasteiger partial charge in [0.05, 0.1) is 20.3 Å². The number of thiophene rings is 1. The number of hydrogen-bond acceptors (Lipinski definition) is 5. The van der Waals surface area contributed by atoms with Crippen LogP contribution in [0.4, 0.5) is 5.69 Å². The Bertz CT molecular complexity index is 1190. The number of rotatable bonds is 6. The number of hydrogen-bond donors (Lipinski definition) is 1. The molecule has 0 radical (unpaired) electrons. The van der Waals surface area contributed by atoms with E-state index in [1.54, 1.807) is 31.6 Å². The summed E-state index contributed by atoms with van der Waals surface area (Å²) >= 11 is 1.63. The summed E-state index contributed by atoms with van der Waals surface area (Å²) in [6, 6.07) is 15.1. The van der Waals surface area contributed by atoms with Gasteiger partial charge in [-0.1, -0.05) is 12.1 Å². The van der Waals surface area contributed by atoms with Crippen LogP contribution < -0.4 is 14.8 Å². The molecule has 2 amide bonds. The van der Waals surface area contributed by atoms with Crippen molar-refractivity contribution in [3.63, 3.8) is 0 Å². The van der Waals surface area contributed by atoms with Crippen LogP contribution in [-0.2, 0) is 11.2 Å². The number of nitrogens with zero attached hydrogens (tertiary/aromatic N) is 1. The Morgan fingerprint density at radius 3 is 2.52 bits per heavy atom. The van der Waals surface area contributed by atoms with Gasteiger partial charge in [0, 0.05) is 28.6 Å². The molecule has 2 aliphatic rings. The highest BCUT2D eigenvalue weighted by Crippen LogP contribution is 2.42. The van der Waals surface area contributed by atoms with Gasteiger partial charge in [-0.25, -0.2) is 0 Å². The number of benzene rings is 2. The van der Waals surface area contributed by atoms with Gasteiger partial charge in [-0.05, 0) is 72.2 Å². The molecule has 1 aromatic heterocycles. The van der Waals surface area contributed by atoms with Crippen molar-refractivity contribution in [2.45, 2.75) is 25.3 Å². The molecule has 1 unspecified atom stereocenters. The van der Waals surface area contributed by atoms with Crippen LogP contribution in [-0.4, -0.2) is 37.5 Å². The Balaban J connectivity index is 1.50. The second-order valence-electron chi connectivity index (χ2n) is 8.42. The number of nitrogens with one attached hydrogen (secondary N) is 1. The quantitative estimate of drug-likeness (QED) is 0.566. The van der Waals surface area contributed by atoms with E-state index in [0.717, 1.165) is 35.3 Å². The van der Waals surface area contributed by atoms with Gasteiger partial charge in [0.1, 0.15) is 0 Å². The molecule has 0 bridgehead atoms. The first kappa shape index (κ1) is 21.5. The Hall–Kier alpha value is -3.32. The van der Waals surface area contributed by atoms with Gasteiger partial charge in [-0.15, -0.1) is 11.3 Å². The lowest BCUT2D eigenvalue weighted by atomic mass is 9.90. The SMILES string of the molecule is COc1cc2c(cc1OC)C(c1cccs1)N(C(=O)c1cccc(NC(=O)C3CC3)c1)CC2. The molecule has 5 rings (SSSR count). The smallest absolute Gasteiger partial charge is 0.254 e. The fourth-order valence-electron chi connectivity index (χ4n) is 4.40. The van der Waals surface area contributed by atoms with E-state index in [-0.39, 0.29) is 23.8 Å². The van der Waals surface area contributed by atoms with Crippen molar-refractivity contribution in [2.75, 3.05) is 26.1 Å². The van der Waals surface area contributed by atoms with E-state index in [2.05, 4.69) is 11.4 Å². The van der Waals surface area contributed by atoms with Crippen LogP contribution in [0.5, 0.6) is 11.5 Å². The zero-order valence-corrected chi connectivity index (χ0v) is 19.5. The van der Waals surface area contributed by atoms with Crippen molar-refractivity contribution in [2.24, 2.45) is 5.92 Å². The predicted octanol–water partition coefficient (Wildman–Crippen LogP) is 4.90. The highest BCUT2D eigenvalue weighted by molar-refractivity contribution is 7.10. The number of methoxy groups -OCH3 is 2. The lowest BCUT2D eigenvalue weighted by Crippen LogP contribution is -2.40.